The number of methoxy groups -OCH3 is 1. The first-order valence-electron chi connectivity index (χ1n) is 11.9. The summed E-state index contributed by atoms with van der Waals surface area (Å²) in [6.07, 6.45) is 21.7. The van der Waals surface area contributed by atoms with Crippen LogP contribution in [0.15, 0.2) is 30.4 Å². The molecule has 4 heteroatoms. The third kappa shape index (κ3) is 13.3. The molecule has 0 aliphatic heterocycles. The van der Waals surface area contributed by atoms with Crippen molar-refractivity contribution in [2.75, 3.05) is 7.11 Å². The Labute approximate surface area is 184 Å². The first-order chi connectivity index (χ1) is 14.7. The second-order valence-electron chi connectivity index (χ2n) is 8.12. The molecule has 0 saturated heterocycles. The molecule has 0 aromatic heterocycles. The van der Waals surface area contributed by atoms with Gasteiger partial charge in [0.2, 0.25) is 5.91 Å². The number of phenolic OH excluding ortho intramolecular Hbond substituents is 1. The van der Waals surface area contributed by atoms with E-state index in [1.165, 1.54) is 77.7 Å². The van der Waals surface area contributed by atoms with E-state index in [4.69, 9.17) is 4.74 Å². The van der Waals surface area contributed by atoms with E-state index in [-0.39, 0.29) is 11.7 Å². The van der Waals surface area contributed by atoms with E-state index in [1.807, 2.05) is 0 Å². The van der Waals surface area contributed by atoms with E-state index in [2.05, 4.69) is 24.4 Å². The standard InChI is InChI=1S/C26H43NO3/c1-3-4-5-6-7-8-9-10-11-12-13-14-15-16-17-18-26(29)27-22-23-19-20-24(28)25(21-23)30-2/h10-11,19-21,28H,3-9,12-18,22H2,1-2H3,(H,27,29)/b11-10+. The summed E-state index contributed by atoms with van der Waals surface area (Å²) in [6.45, 7) is 2.72. The molecule has 0 atom stereocenters. The number of hydrogen-bond acceptors (Lipinski definition) is 3. The molecule has 0 fully saturated rings. The lowest BCUT2D eigenvalue weighted by Gasteiger charge is -2.08. The van der Waals surface area contributed by atoms with Gasteiger partial charge in [0, 0.05) is 13.0 Å². The lowest BCUT2D eigenvalue weighted by Crippen LogP contribution is -2.22. The molecule has 1 aromatic rings. The lowest BCUT2D eigenvalue weighted by molar-refractivity contribution is -0.121. The third-order valence-corrected chi connectivity index (χ3v) is 5.40. The van der Waals surface area contributed by atoms with Crippen LogP contribution >= 0.6 is 0 Å². The molecule has 0 aliphatic rings. The van der Waals surface area contributed by atoms with Gasteiger partial charge >= 0.3 is 0 Å². The topological polar surface area (TPSA) is 58.6 Å². The maximum Gasteiger partial charge on any atom is 0.220 e. The van der Waals surface area contributed by atoms with E-state index < -0.39 is 0 Å². The van der Waals surface area contributed by atoms with Crippen LogP contribution in [0, 0.1) is 0 Å². The number of aromatic hydroxyl groups is 1. The summed E-state index contributed by atoms with van der Waals surface area (Å²) < 4.78 is 5.09. The number of phenols is 1. The maximum absolute atomic E-state index is 12.0. The van der Waals surface area contributed by atoms with E-state index in [0.29, 0.717) is 18.7 Å². The molecule has 4 nitrogen and oxygen atoms in total. The minimum atomic E-state index is 0.0830. The number of allylic oxidation sites excluding steroid dienone is 2. The summed E-state index contributed by atoms with van der Waals surface area (Å²) in [7, 11) is 1.52. The molecule has 0 unspecified atom stereocenters. The highest BCUT2D eigenvalue weighted by molar-refractivity contribution is 5.75. The Morgan fingerprint density at radius 1 is 0.933 bits per heavy atom. The van der Waals surface area contributed by atoms with Gasteiger partial charge in [-0.15, -0.1) is 0 Å². The van der Waals surface area contributed by atoms with Crippen molar-refractivity contribution in [2.45, 2.75) is 103 Å². The zero-order valence-electron chi connectivity index (χ0n) is 19.3. The molecule has 1 amide bonds. The Balaban J connectivity index is 1.93. The number of hydrogen-bond donors (Lipinski definition) is 2. The Hall–Kier alpha value is -1.97. The molecular weight excluding hydrogens is 374 g/mol. The van der Waals surface area contributed by atoms with E-state index in [9.17, 15) is 9.90 Å². The Kier molecular flexibility index (Phi) is 15.5. The smallest absolute Gasteiger partial charge is 0.220 e. The molecule has 0 aliphatic carbocycles. The monoisotopic (exact) mass is 417 g/mol. The van der Waals surface area contributed by atoms with Crippen molar-refractivity contribution in [1.29, 1.82) is 0 Å². The maximum atomic E-state index is 12.0. The molecule has 0 radical (unpaired) electrons. The molecule has 0 bridgehead atoms. The summed E-state index contributed by atoms with van der Waals surface area (Å²) in [5.41, 5.74) is 0.919. The van der Waals surface area contributed by atoms with E-state index >= 15 is 0 Å². The lowest BCUT2D eigenvalue weighted by atomic mass is 10.1. The van der Waals surface area contributed by atoms with Crippen LogP contribution in [0.4, 0.5) is 0 Å². The highest BCUT2D eigenvalue weighted by Crippen LogP contribution is 2.26. The number of benzene rings is 1. The van der Waals surface area contributed by atoms with Crippen LogP contribution in [-0.2, 0) is 11.3 Å². The van der Waals surface area contributed by atoms with Gasteiger partial charge in [-0.25, -0.2) is 0 Å². The first-order valence-corrected chi connectivity index (χ1v) is 11.9. The molecule has 0 saturated carbocycles. The molecule has 170 valence electrons. The summed E-state index contributed by atoms with van der Waals surface area (Å²) >= 11 is 0. The van der Waals surface area contributed by atoms with Gasteiger partial charge in [0.15, 0.2) is 11.5 Å². The fourth-order valence-corrected chi connectivity index (χ4v) is 3.48. The van der Waals surface area contributed by atoms with Gasteiger partial charge in [-0.05, 0) is 49.8 Å². The van der Waals surface area contributed by atoms with Gasteiger partial charge < -0.3 is 15.2 Å². The largest absolute Gasteiger partial charge is 0.504 e. The molecule has 30 heavy (non-hydrogen) atoms. The van der Waals surface area contributed by atoms with Gasteiger partial charge in [0.25, 0.3) is 0 Å². The van der Waals surface area contributed by atoms with Crippen molar-refractivity contribution >= 4 is 5.91 Å². The van der Waals surface area contributed by atoms with Crippen molar-refractivity contribution in [1.82, 2.24) is 5.32 Å². The van der Waals surface area contributed by atoms with Crippen LogP contribution in [0.3, 0.4) is 0 Å². The number of ether oxygens (including phenoxy) is 1. The third-order valence-electron chi connectivity index (χ3n) is 5.40. The Morgan fingerprint density at radius 2 is 1.53 bits per heavy atom. The van der Waals surface area contributed by atoms with Crippen molar-refractivity contribution < 1.29 is 14.6 Å². The Morgan fingerprint density at radius 3 is 2.17 bits per heavy atom. The summed E-state index contributed by atoms with van der Waals surface area (Å²) in [5, 5.41) is 12.5. The number of carbonyl (C=O) groups excluding carboxylic acids is 1. The van der Waals surface area contributed by atoms with E-state index in [0.717, 1.165) is 18.4 Å². The molecule has 1 rings (SSSR count). The predicted octanol–water partition coefficient (Wildman–Crippen LogP) is 7.05. The second kappa shape index (κ2) is 17.9. The molecule has 0 spiro atoms. The number of amides is 1. The van der Waals surface area contributed by atoms with Crippen molar-refractivity contribution in [3.05, 3.63) is 35.9 Å². The SMILES string of the molecule is CCCCCCCC/C=C/CCCCCCCC(=O)NCc1ccc(O)c(OC)c1. The average molecular weight is 418 g/mol. The van der Waals surface area contributed by atoms with Gasteiger partial charge in [0.1, 0.15) is 0 Å². The molecule has 2 N–H and O–H groups in total. The van der Waals surface area contributed by atoms with Gasteiger partial charge in [-0.2, -0.15) is 0 Å². The van der Waals surface area contributed by atoms with Crippen LogP contribution in [0.2, 0.25) is 0 Å². The van der Waals surface area contributed by atoms with Crippen LogP contribution in [0.1, 0.15) is 102 Å². The number of rotatable bonds is 18. The van der Waals surface area contributed by atoms with Crippen LogP contribution < -0.4 is 10.1 Å². The highest BCUT2D eigenvalue weighted by atomic mass is 16.5. The normalized spacial score (nSPS) is 11.1. The fraction of sp³-hybridized carbons (Fsp3) is 0.654. The fourth-order valence-electron chi connectivity index (χ4n) is 3.48. The van der Waals surface area contributed by atoms with Gasteiger partial charge in [-0.1, -0.05) is 76.5 Å². The van der Waals surface area contributed by atoms with Gasteiger partial charge in [0.05, 0.1) is 7.11 Å². The number of carbonyl (C=O) groups is 1. The van der Waals surface area contributed by atoms with Crippen molar-refractivity contribution in [3.8, 4) is 11.5 Å². The minimum absolute atomic E-state index is 0.0830. The number of nitrogens with one attached hydrogen (secondary N) is 1. The summed E-state index contributed by atoms with van der Waals surface area (Å²) in [5.74, 6) is 0.625. The zero-order chi connectivity index (χ0) is 21.9. The zero-order valence-corrected chi connectivity index (χ0v) is 19.3. The molecular formula is C26H43NO3. The molecule has 0 heterocycles. The van der Waals surface area contributed by atoms with Crippen LogP contribution in [-0.4, -0.2) is 18.1 Å². The molecule has 1 aromatic carbocycles. The van der Waals surface area contributed by atoms with Crippen molar-refractivity contribution in [2.24, 2.45) is 0 Å². The predicted molar refractivity (Wildman–Crippen MR) is 126 cm³/mol. The minimum Gasteiger partial charge on any atom is -0.504 e. The average Bonchev–Trinajstić information content (AvgIpc) is 2.75. The van der Waals surface area contributed by atoms with Crippen molar-refractivity contribution in [3.63, 3.8) is 0 Å². The number of unbranched alkanes of at least 4 members (excludes halogenated alkanes) is 11. The second-order valence-corrected chi connectivity index (χ2v) is 8.12. The summed E-state index contributed by atoms with van der Waals surface area (Å²) in [6, 6.07) is 5.13. The van der Waals surface area contributed by atoms with E-state index in [1.54, 1.807) is 18.2 Å². The Bertz CT molecular complexity index is 598. The quantitative estimate of drug-likeness (QED) is 0.199. The van der Waals surface area contributed by atoms with Crippen LogP contribution in [0.25, 0.3) is 0 Å². The highest BCUT2D eigenvalue weighted by Gasteiger charge is 2.05. The first kappa shape index (κ1) is 26.1. The summed E-state index contributed by atoms with van der Waals surface area (Å²) in [4.78, 5) is 12.0. The van der Waals surface area contributed by atoms with Gasteiger partial charge in [-0.3, -0.25) is 4.79 Å². The van der Waals surface area contributed by atoms with Crippen LogP contribution in [0.5, 0.6) is 11.5 Å².